The van der Waals surface area contributed by atoms with Gasteiger partial charge in [-0.25, -0.2) is 0 Å². The lowest BCUT2D eigenvalue weighted by molar-refractivity contribution is -0.144. The quantitative estimate of drug-likeness (QED) is 0.301. The van der Waals surface area contributed by atoms with Gasteiger partial charge in [-0.3, -0.25) is 19.4 Å². The van der Waals surface area contributed by atoms with Crippen molar-refractivity contribution in [1.29, 1.82) is 0 Å². The van der Waals surface area contributed by atoms with Crippen LogP contribution < -0.4 is 0 Å². The Morgan fingerprint density at radius 1 is 0.907 bits per heavy atom. The average Bonchev–Trinajstić information content (AvgIpc) is 3.27. The second-order valence-electron chi connectivity index (χ2n) is 12.7. The number of likely N-dealkylation sites (tertiary alicyclic amines) is 2. The van der Waals surface area contributed by atoms with Crippen LogP contribution in [0.3, 0.4) is 0 Å². The summed E-state index contributed by atoms with van der Waals surface area (Å²) >= 11 is 0. The molecule has 3 aromatic carbocycles. The Morgan fingerprint density at radius 2 is 1.63 bits per heavy atom. The molecular formula is C35H39BN2O5. The fourth-order valence-corrected chi connectivity index (χ4v) is 8.30. The summed E-state index contributed by atoms with van der Waals surface area (Å²) < 4.78 is 6.28. The molecule has 0 aromatic heterocycles. The number of imide groups is 1. The number of piperidine rings is 1. The minimum absolute atomic E-state index is 0.0308. The molecule has 3 saturated heterocycles. The highest BCUT2D eigenvalue weighted by molar-refractivity contribution is 6.53. The number of phenols is 1. The van der Waals surface area contributed by atoms with Crippen molar-refractivity contribution in [1.82, 2.24) is 9.80 Å². The van der Waals surface area contributed by atoms with Gasteiger partial charge in [-0.15, -0.1) is 0 Å². The first-order valence-corrected chi connectivity index (χ1v) is 15.8. The molecule has 0 radical (unpaired) electrons. The van der Waals surface area contributed by atoms with Gasteiger partial charge in [0.25, 0.3) is 0 Å². The van der Waals surface area contributed by atoms with Crippen molar-refractivity contribution in [3.05, 3.63) is 88.9 Å². The molecule has 3 fully saturated rings. The molecule has 0 saturated carbocycles. The van der Waals surface area contributed by atoms with E-state index in [4.69, 9.17) is 4.65 Å². The average molecular weight is 579 g/mol. The standard InChI is InChI=1S/C35H39BN2O5/c1-2-8-23-19-29-32(35(41)38(34(29)40)24-15-17-37(18-16-24)21-22-9-4-3-5-10-22)28-20-31(43-36(42)33(23)28)27-13-14-30(39)26-12-7-6-11-25(26)27/h3-7,9-14,24,28-29,31-32,39,42H,2,8,15-21H2,1H3/t28-,29-,31-,32+/m0/s1. The first-order chi connectivity index (χ1) is 20.9. The Hall–Kier alpha value is -3.46. The number of amides is 2. The van der Waals surface area contributed by atoms with Gasteiger partial charge in [0.2, 0.25) is 11.8 Å². The van der Waals surface area contributed by atoms with Gasteiger partial charge in [0.15, 0.2) is 0 Å². The molecule has 2 N–H and O–H groups in total. The zero-order valence-corrected chi connectivity index (χ0v) is 24.7. The highest BCUT2D eigenvalue weighted by Gasteiger charge is 2.58. The molecule has 3 heterocycles. The van der Waals surface area contributed by atoms with Crippen LogP contribution in [0.25, 0.3) is 10.8 Å². The van der Waals surface area contributed by atoms with Crippen LogP contribution in [0.5, 0.6) is 5.75 Å². The van der Waals surface area contributed by atoms with E-state index in [9.17, 15) is 19.7 Å². The van der Waals surface area contributed by atoms with E-state index in [-0.39, 0.29) is 35.4 Å². The number of benzene rings is 3. The van der Waals surface area contributed by atoms with E-state index in [0.29, 0.717) is 12.8 Å². The van der Waals surface area contributed by atoms with Crippen molar-refractivity contribution in [2.24, 2.45) is 17.8 Å². The molecule has 1 aliphatic carbocycles. The van der Waals surface area contributed by atoms with Crippen molar-refractivity contribution >= 4 is 29.7 Å². The number of rotatable bonds is 6. The van der Waals surface area contributed by atoms with E-state index >= 15 is 0 Å². The predicted octanol–water partition coefficient (Wildman–Crippen LogP) is 5.41. The van der Waals surface area contributed by atoms with Gasteiger partial charge in [0, 0.05) is 31.1 Å². The molecule has 0 bridgehead atoms. The maximum atomic E-state index is 14.3. The van der Waals surface area contributed by atoms with E-state index in [2.05, 4.69) is 36.1 Å². The number of aromatic hydroxyl groups is 1. The zero-order chi connectivity index (χ0) is 29.7. The molecule has 222 valence electrons. The molecule has 43 heavy (non-hydrogen) atoms. The smallest absolute Gasteiger partial charge is 0.487 e. The Labute approximate surface area is 253 Å². The molecular weight excluding hydrogens is 539 g/mol. The second kappa shape index (κ2) is 11.6. The summed E-state index contributed by atoms with van der Waals surface area (Å²) in [6.07, 6.45) is 3.81. The number of phenolic OH excluding ortho intramolecular Hbond substituents is 1. The van der Waals surface area contributed by atoms with Gasteiger partial charge in [-0.1, -0.05) is 79.6 Å². The normalized spacial score (nSPS) is 26.7. The van der Waals surface area contributed by atoms with Gasteiger partial charge in [0.05, 0.1) is 17.9 Å². The van der Waals surface area contributed by atoms with Gasteiger partial charge >= 0.3 is 7.12 Å². The topological polar surface area (TPSA) is 90.3 Å². The number of hydrogen-bond acceptors (Lipinski definition) is 6. The third-order valence-electron chi connectivity index (χ3n) is 10.3. The van der Waals surface area contributed by atoms with Crippen molar-refractivity contribution < 1.29 is 24.4 Å². The van der Waals surface area contributed by atoms with E-state index in [1.807, 2.05) is 36.4 Å². The molecule has 3 aliphatic heterocycles. The number of allylic oxidation sites excluding steroid dienone is 2. The molecule has 3 aromatic rings. The number of fused-ring (bicyclic) bond motifs is 4. The van der Waals surface area contributed by atoms with Crippen molar-refractivity contribution in [3.63, 3.8) is 0 Å². The maximum absolute atomic E-state index is 14.3. The maximum Gasteiger partial charge on any atom is 0.487 e. The third-order valence-corrected chi connectivity index (χ3v) is 10.3. The molecule has 2 amide bonds. The summed E-state index contributed by atoms with van der Waals surface area (Å²) in [6, 6.07) is 21.5. The van der Waals surface area contributed by atoms with E-state index in [1.54, 1.807) is 11.0 Å². The molecule has 0 unspecified atom stereocenters. The van der Waals surface area contributed by atoms with Crippen molar-refractivity contribution in [2.45, 2.75) is 64.1 Å². The van der Waals surface area contributed by atoms with Crippen LogP contribution >= 0.6 is 0 Å². The SMILES string of the molecule is CCCC1=C2B(O)O[C@H](c3ccc(O)c4ccccc34)C[C@H]2[C@H]2C(=O)N(C3CCN(Cc4ccccc4)CC3)C(=O)[C@H]2C1. The summed E-state index contributed by atoms with van der Waals surface area (Å²) in [5, 5.41) is 23.5. The van der Waals surface area contributed by atoms with Crippen LogP contribution in [-0.2, 0) is 20.8 Å². The molecule has 4 aliphatic rings. The summed E-state index contributed by atoms with van der Waals surface area (Å²) in [4.78, 5) is 32.3. The van der Waals surface area contributed by atoms with Crippen molar-refractivity contribution in [2.75, 3.05) is 13.1 Å². The van der Waals surface area contributed by atoms with Gasteiger partial charge < -0.3 is 14.8 Å². The molecule has 4 atom stereocenters. The van der Waals surface area contributed by atoms with Gasteiger partial charge in [0.1, 0.15) is 5.75 Å². The minimum atomic E-state index is -1.13. The Bertz CT molecular complexity index is 1570. The summed E-state index contributed by atoms with van der Waals surface area (Å²) in [7, 11) is -1.13. The minimum Gasteiger partial charge on any atom is -0.507 e. The van der Waals surface area contributed by atoms with E-state index < -0.39 is 19.1 Å². The lowest BCUT2D eigenvalue weighted by Crippen LogP contribution is -2.48. The zero-order valence-electron chi connectivity index (χ0n) is 24.7. The van der Waals surface area contributed by atoms with Crippen LogP contribution in [0.15, 0.2) is 77.8 Å². The number of hydrogen-bond donors (Lipinski definition) is 2. The van der Waals surface area contributed by atoms with Crippen LogP contribution in [-0.4, -0.2) is 58.0 Å². The summed E-state index contributed by atoms with van der Waals surface area (Å²) in [5.41, 5.74) is 4.06. The number of carbonyl (C=O) groups excluding carboxylic acids is 2. The largest absolute Gasteiger partial charge is 0.507 e. The Kier molecular flexibility index (Phi) is 7.62. The van der Waals surface area contributed by atoms with Gasteiger partial charge in [-0.05, 0) is 66.1 Å². The highest BCUT2D eigenvalue weighted by Crippen LogP contribution is 2.53. The van der Waals surface area contributed by atoms with Gasteiger partial charge in [-0.2, -0.15) is 0 Å². The highest BCUT2D eigenvalue weighted by atomic mass is 16.5. The summed E-state index contributed by atoms with van der Waals surface area (Å²) in [5.74, 6) is -1.03. The fraction of sp³-hybridized carbons (Fsp3) is 0.429. The van der Waals surface area contributed by atoms with Crippen LogP contribution in [0.1, 0.15) is 62.7 Å². The Balaban J connectivity index is 1.16. The second-order valence-corrected chi connectivity index (χ2v) is 12.7. The number of nitrogens with zero attached hydrogens (tertiary/aromatic N) is 2. The van der Waals surface area contributed by atoms with E-state index in [1.165, 1.54) is 5.56 Å². The monoisotopic (exact) mass is 578 g/mol. The molecule has 7 rings (SSSR count). The first-order valence-electron chi connectivity index (χ1n) is 15.8. The fourth-order valence-electron chi connectivity index (χ4n) is 8.30. The molecule has 8 heteroatoms. The number of carbonyl (C=O) groups is 2. The van der Waals surface area contributed by atoms with Crippen LogP contribution in [0, 0.1) is 17.8 Å². The van der Waals surface area contributed by atoms with Crippen molar-refractivity contribution in [3.8, 4) is 5.75 Å². The van der Waals surface area contributed by atoms with Crippen LogP contribution in [0.2, 0.25) is 0 Å². The Morgan fingerprint density at radius 3 is 2.37 bits per heavy atom. The predicted molar refractivity (Wildman–Crippen MR) is 166 cm³/mol. The third kappa shape index (κ3) is 4.99. The van der Waals surface area contributed by atoms with E-state index in [0.717, 1.165) is 72.7 Å². The molecule has 7 nitrogen and oxygen atoms in total. The molecule has 0 spiro atoms. The lowest BCUT2D eigenvalue weighted by atomic mass is 9.54. The first kappa shape index (κ1) is 28.3. The van der Waals surface area contributed by atoms with Crippen LogP contribution in [0.4, 0.5) is 0 Å². The lowest BCUT2D eigenvalue weighted by Gasteiger charge is -2.42. The summed E-state index contributed by atoms with van der Waals surface area (Å²) in [6.45, 7) is 4.68.